The minimum absolute atomic E-state index is 0.209. The van der Waals surface area contributed by atoms with Crippen molar-refractivity contribution in [2.75, 3.05) is 5.32 Å². The molecule has 0 spiro atoms. The predicted octanol–water partition coefficient (Wildman–Crippen LogP) is 5.30. The zero-order valence-electron chi connectivity index (χ0n) is 12.3. The lowest BCUT2D eigenvalue weighted by Gasteiger charge is -2.11. The van der Waals surface area contributed by atoms with Gasteiger partial charge in [0.15, 0.2) is 0 Å². The van der Waals surface area contributed by atoms with Gasteiger partial charge < -0.3 is 10.1 Å². The van der Waals surface area contributed by atoms with Gasteiger partial charge in [-0.15, -0.1) is 11.3 Å². The molecule has 3 rings (SSSR count). The number of ether oxygens (including phenoxy) is 1. The lowest BCUT2D eigenvalue weighted by molar-refractivity contribution is 0.242. The molecule has 3 aromatic rings. The van der Waals surface area contributed by atoms with Crippen LogP contribution in [0, 0.1) is 0 Å². The van der Waals surface area contributed by atoms with Crippen LogP contribution in [0.3, 0.4) is 0 Å². The summed E-state index contributed by atoms with van der Waals surface area (Å²) >= 11 is 1.80. The monoisotopic (exact) mass is 297 g/mol. The van der Waals surface area contributed by atoms with E-state index in [0.717, 1.165) is 18.0 Å². The third-order valence-corrected chi connectivity index (χ3v) is 4.28. The summed E-state index contributed by atoms with van der Waals surface area (Å²) in [6, 6.07) is 16.7. The molecule has 1 aromatic heterocycles. The molecule has 0 radical (unpaired) electrons. The van der Waals surface area contributed by atoms with E-state index in [1.807, 2.05) is 26.0 Å². The molecule has 1 N–H and O–H groups in total. The summed E-state index contributed by atoms with van der Waals surface area (Å²) in [5.41, 5.74) is 2.46. The first-order valence-electron chi connectivity index (χ1n) is 7.18. The molecule has 0 aliphatic heterocycles. The topological polar surface area (TPSA) is 21.3 Å². The van der Waals surface area contributed by atoms with Crippen molar-refractivity contribution < 1.29 is 4.74 Å². The Balaban J connectivity index is 1.67. The Kier molecular flexibility index (Phi) is 4.11. The molecule has 21 heavy (non-hydrogen) atoms. The molecular formula is C18H19NOS. The molecule has 108 valence electrons. The number of thiophene rings is 1. The average Bonchev–Trinajstić information content (AvgIpc) is 2.89. The van der Waals surface area contributed by atoms with Gasteiger partial charge in [-0.2, -0.15) is 0 Å². The van der Waals surface area contributed by atoms with Gasteiger partial charge in [-0.25, -0.2) is 0 Å². The second-order valence-corrected chi connectivity index (χ2v) is 6.21. The van der Waals surface area contributed by atoms with Crippen LogP contribution in [-0.2, 0) is 6.54 Å². The van der Waals surface area contributed by atoms with E-state index in [4.69, 9.17) is 4.74 Å². The van der Waals surface area contributed by atoms with E-state index in [1.165, 1.54) is 15.6 Å². The lowest BCUT2D eigenvalue weighted by Crippen LogP contribution is -2.05. The summed E-state index contributed by atoms with van der Waals surface area (Å²) in [7, 11) is 0. The van der Waals surface area contributed by atoms with Gasteiger partial charge in [0.05, 0.1) is 6.10 Å². The van der Waals surface area contributed by atoms with Crippen molar-refractivity contribution >= 4 is 27.1 Å². The highest BCUT2D eigenvalue weighted by molar-refractivity contribution is 7.17. The molecule has 0 aliphatic carbocycles. The van der Waals surface area contributed by atoms with E-state index in [-0.39, 0.29) is 6.10 Å². The molecule has 2 nitrogen and oxygen atoms in total. The third-order valence-electron chi connectivity index (χ3n) is 3.27. The molecule has 0 saturated carbocycles. The number of benzene rings is 2. The quantitative estimate of drug-likeness (QED) is 0.690. The number of anilines is 1. The highest BCUT2D eigenvalue weighted by Crippen LogP contribution is 2.26. The van der Waals surface area contributed by atoms with Gasteiger partial charge in [0.1, 0.15) is 5.75 Å². The predicted molar refractivity (Wildman–Crippen MR) is 91.4 cm³/mol. The number of nitrogens with one attached hydrogen (secondary N) is 1. The van der Waals surface area contributed by atoms with Crippen LogP contribution >= 0.6 is 11.3 Å². The molecule has 0 amide bonds. The first-order valence-corrected chi connectivity index (χ1v) is 8.06. The number of fused-ring (bicyclic) bond motifs is 1. The summed E-state index contributed by atoms with van der Waals surface area (Å²) in [5.74, 6) is 0.913. The van der Waals surface area contributed by atoms with Crippen molar-refractivity contribution in [3.8, 4) is 5.75 Å². The fourth-order valence-electron chi connectivity index (χ4n) is 2.29. The van der Waals surface area contributed by atoms with Crippen LogP contribution in [0.1, 0.15) is 19.4 Å². The van der Waals surface area contributed by atoms with E-state index >= 15 is 0 Å². The van der Waals surface area contributed by atoms with Gasteiger partial charge in [-0.1, -0.05) is 18.2 Å². The van der Waals surface area contributed by atoms with Crippen LogP contribution in [0.5, 0.6) is 5.75 Å². The molecule has 0 fully saturated rings. The molecular weight excluding hydrogens is 278 g/mol. The Bertz CT molecular complexity index is 715. The maximum atomic E-state index is 5.65. The number of hydrogen-bond acceptors (Lipinski definition) is 3. The summed E-state index contributed by atoms with van der Waals surface area (Å²) in [4.78, 5) is 0. The second kappa shape index (κ2) is 6.19. The summed E-state index contributed by atoms with van der Waals surface area (Å²) in [5, 5.41) is 7.04. The maximum Gasteiger partial charge on any atom is 0.119 e. The zero-order valence-corrected chi connectivity index (χ0v) is 13.1. The van der Waals surface area contributed by atoms with E-state index in [9.17, 15) is 0 Å². The first kappa shape index (κ1) is 14.0. The normalized spacial score (nSPS) is 11.0. The highest BCUT2D eigenvalue weighted by atomic mass is 32.1. The molecule has 0 unspecified atom stereocenters. The first-order chi connectivity index (χ1) is 10.2. The Morgan fingerprint density at radius 1 is 1.05 bits per heavy atom. The van der Waals surface area contributed by atoms with Crippen LogP contribution < -0.4 is 10.1 Å². The largest absolute Gasteiger partial charge is 0.491 e. The molecule has 2 aromatic carbocycles. The smallest absolute Gasteiger partial charge is 0.119 e. The van der Waals surface area contributed by atoms with Crippen molar-refractivity contribution in [1.82, 2.24) is 0 Å². The Labute approximate surface area is 129 Å². The zero-order chi connectivity index (χ0) is 14.7. The van der Waals surface area contributed by atoms with Gasteiger partial charge in [-0.05, 0) is 60.5 Å². The van der Waals surface area contributed by atoms with Crippen LogP contribution in [0.2, 0.25) is 0 Å². The number of hydrogen-bond donors (Lipinski definition) is 1. The van der Waals surface area contributed by atoms with Gasteiger partial charge >= 0.3 is 0 Å². The van der Waals surface area contributed by atoms with Crippen molar-refractivity contribution in [3.05, 3.63) is 59.5 Å². The Morgan fingerprint density at radius 2 is 1.81 bits per heavy atom. The average molecular weight is 297 g/mol. The van der Waals surface area contributed by atoms with Crippen LogP contribution in [0.4, 0.5) is 5.69 Å². The minimum atomic E-state index is 0.209. The van der Waals surface area contributed by atoms with Crippen LogP contribution in [-0.4, -0.2) is 6.10 Å². The summed E-state index contributed by atoms with van der Waals surface area (Å²) in [6.45, 7) is 4.91. The molecule has 0 aliphatic rings. The molecule has 0 saturated heterocycles. The van der Waals surface area contributed by atoms with Gasteiger partial charge in [0.2, 0.25) is 0 Å². The van der Waals surface area contributed by atoms with Gasteiger partial charge in [0, 0.05) is 16.9 Å². The Morgan fingerprint density at radius 3 is 2.57 bits per heavy atom. The Hall–Kier alpha value is -2.00. The van der Waals surface area contributed by atoms with Gasteiger partial charge in [0.25, 0.3) is 0 Å². The van der Waals surface area contributed by atoms with Crippen molar-refractivity contribution in [2.45, 2.75) is 26.5 Å². The molecule has 1 heterocycles. The fraction of sp³-hybridized carbons (Fsp3) is 0.222. The second-order valence-electron chi connectivity index (χ2n) is 5.30. The minimum Gasteiger partial charge on any atom is -0.491 e. The van der Waals surface area contributed by atoms with E-state index < -0.39 is 0 Å². The molecule has 0 atom stereocenters. The molecule has 3 heteroatoms. The van der Waals surface area contributed by atoms with Crippen molar-refractivity contribution in [1.29, 1.82) is 0 Å². The van der Waals surface area contributed by atoms with Crippen molar-refractivity contribution in [2.24, 2.45) is 0 Å². The SMILES string of the molecule is CC(C)Oc1ccc(NCc2csc3ccccc23)cc1. The van der Waals surface area contributed by atoms with E-state index in [0.29, 0.717) is 0 Å². The number of rotatable bonds is 5. The maximum absolute atomic E-state index is 5.65. The summed E-state index contributed by atoms with van der Waals surface area (Å²) in [6.07, 6.45) is 0.209. The van der Waals surface area contributed by atoms with E-state index in [2.05, 4.69) is 47.1 Å². The van der Waals surface area contributed by atoms with Crippen LogP contribution in [0.25, 0.3) is 10.1 Å². The fourth-order valence-corrected chi connectivity index (χ4v) is 3.25. The van der Waals surface area contributed by atoms with Gasteiger partial charge in [-0.3, -0.25) is 0 Å². The highest BCUT2D eigenvalue weighted by Gasteiger charge is 2.03. The van der Waals surface area contributed by atoms with Crippen molar-refractivity contribution in [3.63, 3.8) is 0 Å². The van der Waals surface area contributed by atoms with E-state index in [1.54, 1.807) is 11.3 Å². The lowest BCUT2D eigenvalue weighted by atomic mass is 10.2. The third kappa shape index (κ3) is 3.37. The van der Waals surface area contributed by atoms with Crippen LogP contribution in [0.15, 0.2) is 53.9 Å². The summed E-state index contributed by atoms with van der Waals surface area (Å²) < 4.78 is 6.99. The standard InChI is InChI=1S/C18H19NOS/c1-13(2)20-16-9-7-15(8-10-16)19-11-14-12-21-18-6-4-3-5-17(14)18/h3-10,12-13,19H,11H2,1-2H3. The molecule has 0 bridgehead atoms.